The number of hydrogen-bond donors (Lipinski definition) is 4. The van der Waals surface area contributed by atoms with Crippen molar-refractivity contribution < 1.29 is 29.3 Å². The second-order valence-electron chi connectivity index (χ2n) is 8.47. The number of hydrogen-bond acceptors (Lipinski definition) is 5. The molecule has 0 saturated carbocycles. The number of aliphatic hydroxyl groups is 1. The minimum absolute atomic E-state index is 0.0366. The number of benzene rings is 2. The Morgan fingerprint density at radius 3 is 2.15 bits per heavy atom. The molecule has 0 saturated heterocycles. The summed E-state index contributed by atoms with van der Waals surface area (Å²) in [4.78, 5) is 34.3. The molecule has 0 fully saturated rings. The maximum absolute atomic E-state index is 12.2. The zero-order valence-electron chi connectivity index (χ0n) is 19.2. The van der Waals surface area contributed by atoms with Gasteiger partial charge in [-0.05, 0) is 35.1 Å². The number of ether oxygens (including phenoxy) is 1. The number of unbranched alkanes of at least 4 members (excludes halogenated alkanes) is 3. The number of carbonyl (C=O) groups is 3. The average Bonchev–Trinajstić information content (AvgIpc) is 3.14. The van der Waals surface area contributed by atoms with Crippen LogP contribution in [0.5, 0.6) is 0 Å². The smallest absolute Gasteiger partial charge is 0.407 e. The van der Waals surface area contributed by atoms with Gasteiger partial charge in [-0.25, -0.2) is 4.79 Å². The Kier molecular flexibility index (Phi) is 9.46. The number of carbonyl (C=O) groups excluding carboxylic acids is 2. The van der Waals surface area contributed by atoms with Crippen molar-refractivity contribution in [3.63, 3.8) is 0 Å². The SMILES string of the molecule is O=C(O)CC(O)CNC(=O)CCCCCCNC(=O)OCC1c2ccccc2-c2ccccc21. The van der Waals surface area contributed by atoms with Crippen molar-refractivity contribution in [3.8, 4) is 11.1 Å². The van der Waals surface area contributed by atoms with Crippen molar-refractivity contribution >= 4 is 18.0 Å². The van der Waals surface area contributed by atoms with Crippen LogP contribution < -0.4 is 10.6 Å². The molecule has 0 radical (unpaired) electrons. The van der Waals surface area contributed by atoms with Gasteiger partial charge >= 0.3 is 12.1 Å². The van der Waals surface area contributed by atoms with Gasteiger partial charge in [0.2, 0.25) is 5.91 Å². The molecule has 0 heterocycles. The van der Waals surface area contributed by atoms with Crippen LogP contribution in [0.15, 0.2) is 48.5 Å². The molecular formula is C26H32N2O6. The number of rotatable bonds is 13. The van der Waals surface area contributed by atoms with E-state index in [1.165, 1.54) is 22.3 Å². The minimum atomic E-state index is -1.10. The molecule has 8 heteroatoms. The van der Waals surface area contributed by atoms with Crippen molar-refractivity contribution in [1.29, 1.82) is 0 Å². The van der Waals surface area contributed by atoms with Crippen LogP contribution in [0.3, 0.4) is 0 Å². The number of nitrogens with one attached hydrogen (secondary N) is 2. The third-order valence-corrected chi connectivity index (χ3v) is 5.89. The van der Waals surface area contributed by atoms with Crippen molar-refractivity contribution in [2.45, 2.75) is 50.5 Å². The van der Waals surface area contributed by atoms with E-state index in [1.54, 1.807) is 0 Å². The van der Waals surface area contributed by atoms with Crippen LogP contribution in [-0.2, 0) is 14.3 Å². The van der Waals surface area contributed by atoms with Gasteiger partial charge in [0.15, 0.2) is 0 Å². The summed E-state index contributed by atoms with van der Waals surface area (Å²) in [5, 5.41) is 23.3. The summed E-state index contributed by atoms with van der Waals surface area (Å²) in [5.74, 6) is -1.27. The van der Waals surface area contributed by atoms with Gasteiger partial charge in [0.25, 0.3) is 0 Å². The van der Waals surface area contributed by atoms with E-state index in [0.29, 0.717) is 19.4 Å². The first-order valence-electron chi connectivity index (χ1n) is 11.7. The first kappa shape index (κ1) is 25.2. The average molecular weight is 469 g/mol. The van der Waals surface area contributed by atoms with E-state index in [2.05, 4.69) is 34.9 Å². The van der Waals surface area contributed by atoms with Crippen LogP contribution in [0.4, 0.5) is 4.79 Å². The largest absolute Gasteiger partial charge is 0.481 e. The second-order valence-corrected chi connectivity index (χ2v) is 8.47. The lowest BCUT2D eigenvalue weighted by Gasteiger charge is -2.14. The van der Waals surface area contributed by atoms with Crippen molar-refractivity contribution in [1.82, 2.24) is 10.6 Å². The highest BCUT2D eigenvalue weighted by Crippen LogP contribution is 2.44. The summed E-state index contributed by atoms with van der Waals surface area (Å²) >= 11 is 0. The molecule has 0 aromatic heterocycles. The molecule has 0 aliphatic heterocycles. The van der Waals surface area contributed by atoms with Gasteiger partial charge in [-0.2, -0.15) is 0 Å². The van der Waals surface area contributed by atoms with E-state index in [-0.39, 0.29) is 25.0 Å². The molecule has 1 unspecified atom stereocenters. The van der Waals surface area contributed by atoms with Gasteiger partial charge < -0.3 is 25.6 Å². The lowest BCUT2D eigenvalue weighted by molar-refractivity contribution is -0.139. The Labute approximate surface area is 199 Å². The highest BCUT2D eigenvalue weighted by atomic mass is 16.5. The molecule has 3 rings (SSSR count). The number of amides is 2. The molecule has 2 aromatic rings. The number of aliphatic hydroxyl groups excluding tert-OH is 1. The second kappa shape index (κ2) is 12.7. The third-order valence-electron chi connectivity index (χ3n) is 5.89. The summed E-state index contributed by atoms with van der Waals surface area (Å²) in [6.45, 7) is 0.732. The number of fused-ring (bicyclic) bond motifs is 3. The molecule has 1 aliphatic rings. The monoisotopic (exact) mass is 468 g/mol. The molecule has 1 atom stereocenters. The fourth-order valence-electron chi connectivity index (χ4n) is 4.20. The number of aliphatic carboxylic acids is 1. The maximum atomic E-state index is 12.2. The number of carboxylic acid groups (broad SMARTS) is 1. The van der Waals surface area contributed by atoms with E-state index in [1.807, 2.05) is 24.3 Å². The molecule has 182 valence electrons. The minimum Gasteiger partial charge on any atom is -0.481 e. The van der Waals surface area contributed by atoms with Gasteiger partial charge in [-0.3, -0.25) is 9.59 Å². The molecule has 0 bridgehead atoms. The summed E-state index contributed by atoms with van der Waals surface area (Å²) in [6, 6.07) is 16.4. The molecule has 4 N–H and O–H groups in total. The van der Waals surface area contributed by atoms with E-state index in [0.717, 1.165) is 19.3 Å². The van der Waals surface area contributed by atoms with Crippen LogP contribution in [0.2, 0.25) is 0 Å². The molecule has 2 amide bonds. The molecule has 0 spiro atoms. The van der Waals surface area contributed by atoms with Gasteiger partial charge in [0.1, 0.15) is 6.61 Å². The van der Waals surface area contributed by atoms with E-state index >= 15 is 0 Å². The Hall–Kier alpha value is -3.39. The van der Waals surface area contributed by atoms with Crippen molar-refractivity contribution in [3.05, 3.63) is 59.7 Å². The summed E-state index contributed by atoms with van der Waals surface area (Å²) < 4.78 is 5.51. The Morgan fingerprint density at radius 1 is 0.882 bits per heavy atom. The first-order chi connectivity index (χ1) is 16.5. The predicted octanol–water partition coefficient (Wildman–Crippen LogP) is 3.43. The quantitative estimate of drug-likeness (QED) is 0.334. The fraction of sp³-hybridized carbons (Fsp3) is 0.423. The highest BCUT2D eigenvalue weighted by molar-refractivity contribution is 5.79. The predicted molar refractivity (Wildman–Crippen MR) is 127 cm³/mol. The van der Waals surface area contributed by atoms with E-state index in [9.17, 15) is 19.5 Å². The zero-order valence-corrected chi connectivity index (χ0v) is 19.2. The van der Waals surface area contributed by atoms with Crippen LogP contribution in [0.1, 0.15) is 55.6 Å². The van der Waals surface area contributed by atoms with Crippen LogP contribution in [0.25, 0.3) is 11.1 Å². The fourth-order valence-corrected chi connectivity index (χ4v) is 4.20. The number of alkyl carbamates (subject to hydrolysis) is 1. The van der Waals surface area contributed by atoms with Gasteiger partial charge in [0.05, 0.1) is 12.5 Å². The van der Waals surface area contributed by atoms with E-state index in [4.69, 9.17) is 9.84 Å². The Morgan fingerprint density at radius 2 is 1.50 bits per heavy atom. The van der Waals surface area contributed by atoms with Crippen molar-refractivity contribution in [2.75, 3.05) is 19.7 Å². The molecule has 8 nitrogen and oxygen atoms in total. The highest BCUT2D eigenvalue weighted by Gasteiger charge is 2.28. The first-order valence-corrected chi connectivity index (χ1v) is 11.7. The van der Waals surface area contributed by atoms with Gasteiger partial charge in [-0.1, -0.05) is 61.4 Å². The Balaban J connectivity index is 1.26. The number of carboxylic acids is 1. The lowest BCUT2D eigenvalue weighted by atomic mass is 9.98. The summed E-state index contributed by atoms with van der Waals surface area (Å²) in [5.41, 5.74) is 4.74. The molecule has 34 heavy (non-hydrogen) atoms. The molecule has 1 aliphatic carbocycles. The lowest BCUT2D eigenvalue weighted by Crippen LogP contribution is -2.33. The van der Waals surface area contributed by atoms with Crippen molar-refractivity contribution in [2.24, 2.45) is 0 Å². The topological polar surface area (TPSA) is 125 Å². The van der Waals surface area contributed by atoms with Crippen LogP contribution in [0, 0.1) is 0 Å². The van der Waals surface area contributed by atoms with E-state index < -0.39 is 24.6 Å². The summed E-state index contributed by atoms with van der Waals surface area (Å²) in [7, 11) is 0. The molecular weight excluding hydrogens is 436 g/mol. The summed E-state index contributed by atoms with van der Waals surface area (Å²) in [6.07, 6.45) is 1.58. The normalized spacial score (nSPS) is 13.0. The zero-order chi connectivity index (χ0) is 24.3. The standard InChI is InChI=1S/C26H32N2O6/c29-18(15-25(31)32)16-28-24(30)13-3-1-2-8-14-27-26(33)34-17-23-21-11-6-4-9-19(21)20-10-5-7-12-22(20)23/h4-7,9-12,18,23,29H,1-3,8,13-17H2,(H,27,33)(H,28,30)(H,31,32). The van der Waals surface area contributed by atoms with Crippen LogP contribution in [-0.4, -0.2) is 54.0 Å². The van der Waals surface area contributed by atoms with Gasteiger partial charge in [0, 0.05) is 25.4 Å². The Bertz CT molecular complexity index is 947. The molecule has 2 aromatic carbocycles. The van der Waals surface area contributed by atoms with Gasteiger partial charge in [-0.15, -0.1) is 0 Å². The maximum Gasteiger partial charge on any atom is 0.407 e. The third kappa shape index (κ3) is 7.31. The van der Waals surface area contributed by atoms with Crippen LogP contribution >= 0.6 is 0 Å².